The van der Waals surface area contributed by atoms with Crippen LogP contribution in [0.3, 0.4) is 0 Å². The molecule has 34 heavy (non-hydrogen) atoms. The first-order valence-corrected chi connectivity index (χ1v) is 11.7. The zero-order chi connectivity index (χ0) is 24.4. The molecule has 1 aliphatic carbocycles. The molecule has 2 atom stereocenters. The van der Waals surface area contributed by atoms with Crippen LogP contribution >= 0.6 is 23.2 Å². The summed E-state index contributed by atoms with van der Waals surface area (Å²) in [5.74, 6) is -2.58. The highest BCUT2D eigenvalue weighted by Crippen LogP contribution is 2.48. The highest BCUT2D eigenvalue weighted by Gasteiger charge is 2.43. The van der Waals surface area contributed by atoms with Gasteiger partial charge in [0.1, 0.15) is 12.4 Å². The maximum atomic E-state index is 15.1. The van der Waals surface area contributed by atoms with Crippen LogP contribution in [0.1, 0.15) is 42.7 Å². The lowest BCUT2D eigenvalue weighted by atomic mass is 9.71. The number of hydrogen-bond acceptors (Lipinski definition) is 5. The number of carbonyl (C=O) groups excluding carboxylic acids is 2. The monoisotopic (exact) mass is 503 g/mol. The molecule has 0 fully saturated rings. The first-order valence-electron chi connectivity index (χ1n) is 10.9. The summed E-state index contributed by atoms with van der Waals surface area (Å²) in [6, 6.07) is 11.7. The number of ether oxygens (including phenoxy) is 2. The molecular formula is C26H24Cl2FNO4. The number of Topliss-reactive ketones (excluding diaryl/α,β-unsaturated/α-hetero) is 1. The van der Waals surface area contributed by atoms with E-state index < -0.39 is 17.7 Å². The van der Waals surface area contributed by atoms with E-state index in [4.69, 9.17) is 32.7 Å². The van der Waals surface area contributed by atoms with Crippen molar-refractivity contribution in [3.63, 3.8) is 0 Å². The maximum absolute atomic E-state index is 15.1. The predicted molar refractivity (Wildman–Crippen MR) is 128 cm³/mol. The number of allylic oxidation sites excluding steroid dienone is 3. The lowest BCUT2D eigenvalue weighted by molar-refractivity contribution is -0.140. The molecule has 0 unspecified atom stereocenters. The summed E-state index contributed by atoms with van der Waals surface area (Å²) >= 11 is 12.8. The van der Waals surface area contributed by atoms with Crippen LogP contribution in [0.2, 0.25) is 10.0 Å². The molecule has 1 heterocycles. The third-order valence-electron chi connectivity index (χ3n) is 6.20. The van der Waals surface area contributed by atoms with Crippen LogP contribution in [0.5, 0.6) is 0 Å². The molecular weight excluding hydrogens is 480 g/mol. The molecule has 2 aromatic rings. The summed E-state index contributed by atoms with van der Waals surface area (Å²) in [5.41, 5.74) is 2.57. The van der Waals surface area contributed by atoms with Gasteiger partial charge >= 0.3 is 5.97 Å². The number of methoxy groups -OCH3 is 1. The fraction of sp³-hybridized carbons (Fsp3) is 0.308. The van der Waals surface area contributed by atoms with Gasteiger partial charge in [-0.15, -0.1) is 0 Å². The van der Waals surface area contributed by atoms with Gasteiger partial charge in [-0.2, -0.15) is 0 Å². The van der Waals surface area contributed by atoms with E-state index in [9.17, 15) is 9.59 Å². The number of benzene rings is 2. The van der Waals surface area contributed by atoms with Crippen molar-refractivity contribution in [2.24, 2.45) is 0 Å². The van der Waals surface area contributed by atoms with Crippen molar-refractivity contribution in [3.05, 3.63) is 92.0 Å². The van der Waals surface area contributed by atoms with Crippen molar-refractivity contribution in [1.29, 1.82) is 0 Å². The molecule has 0 saturated heterocycles. The minimum atomic E-state index is -0.986. The largest absolute Gasteiger partial charge is 0.460 e. The second-order valence-electron chi connectivity index (χ2n) is 8.30. The SMILES string of the molecule is COCCOC(=O)C1=C(C)NC2=C(C(=O)C[C@@H](c3ccccc3Cl)C2)[C@@H]1c1c(F)cccc1Cl. The van der Waals surface area contributed by atoms with Gasteiger partial charge in [-0.1, -0.05) is 47.5 Å². The lowest BCUT2D eigenvalue weighted by Crippen LogP contribution is -2.36. The van der Waals surface area contributed by atoms with Gasteiger partial charge < -0.3 is 14.8 Å². The number of halogens is 3. The molecule has 4 rings (SSSR count). The summed E-state index contributed by atoms with van der Waals surface area (Å²) in [4.78, 5) is 26.7. The fourth-order valence-electron chi connectivity index (χ4n) is 4.71. The van der Waals surface area contributed by atoms with Crippen LogP contribution in [-0.2, 0) is 19.1 Å². The highest BCUT2D eigenvalue weighted by atomic mass is 35.5. The molecule has 0 saturated carbocycles. The first kappa shape index (κ1) is 24.5. The minimum Gasteiger partial charge on any atom is -0.460 e. The van der Waals surface area contributed by atoms with Crippen molar-refractivity contribution in [2.45, 2.75) is 31.6 Å². The molecule has 2 aromatic carbocycles. The van der Waals surface area contributed by atoms with Gasteiger partial charge in [0.05, 0.1) is 18.1 Å². The van der Waals surface area contributed by atoms with E-state index in [1.165, 1.54) is 19.2 Å². The molecule has 5 nitrogen and oxygen atoms in total. The zero-order valence-electron chi connectivity index (χ0n) is 18.8. The Morgan fingerprint density at radius 1 is 1.09 bits per heavy atom. The zero-order valence-corrected chi connectivity index (χ0v) is 20.3. The number of esters is 1. The third kappa shape index (κ3) is 4.63. The third-order valence-corrected chi connectivity index (χ3v) is 6.88. The number of dihydropyridines is 1. The Hall–Kier alpha value is -2.67. The normalized spacial score (nSPS) is 20.2. The van der Waals surface area contributed by atoms with Crippen molar-refractivity contribution in [3.8, 4) is 0 Å². The fourth-order valence-corrected chi connectivity index (χ4v) is 5.27. The van der Waals surface area contributed by atoms with Gasteiger partial charge in [0.2, 0.25) is 0 Å². The number of ketones is 1. The number of nitrogens with one attached hydrogen (secondary N) is 1. The van der Waals surface area contributed by atoms with Gasteiger partial charge in [0, 0.05) is 46.1 Å². The van der Waals surface area contributed by atoms with E-state index in [-0.39, 0.29) is 47.5 Å². The number of hydrogen-bond donors (Lipinski definition) is 1. The molecule has 0 amide bonds. The first-order chi connectivity index (χ1) is 16.3. The average molecular weight is 504 g/mol. The van der Waals surface area contributed by atoms with Crippen molar-refractivity contribution < 1.29 is 23.5 Å². The van der Waals surface area contributed by atoms with Crippen molar-refractivity contribution in [2.75, 3.05) is 20.3 Å². The Kier molecular flexibility index (Phi) is 7.41. The van der Waals surface area contributed by atoms with Crippen LogP contribution in [0.25, 0.3) is 0 Å². The standard InChI is InChI=1S/C26H24Cl2FNO4/c1-14-22(26(32)34-11-10-33-2)25(23-18(28)8-5-9-19(23)29)24-20(30-14)12-15(13-21(24)31)16-6-3-4-7-17(16)27/h3-9,15,25,30H,10-13H2,1-2H3/t15-,25-/m0/s1. The van der Waals surface area contributed by atoms with Gasteiger partial charge in [-0.3, -0.25) is 4.79 Å². The minimum absolute atomic E-state index is 0.0261. The van der Waals surface area contributed by atoms with Crippen LogP contribution in [0.4, 0.5) is 4.39 Å². The number of rotatable bonds is 6. The van der Waals surface area contributed by atoms with Gasteiger partial charge in [0.15, 0.2) is 5.78 Å². The number of carbonyl (C=O) groups is 2. The second-order valence-corrected chi connectivity index (χ2v) is 9.12. The van der Waals surface area contributed by atoms with E-state index >= 15 is 4.39 Å². The molecule has 0 radical (unpaired) electrons. The topological polar surface area (TPSA) is 64.6 Å². The lowest BCUT2D eigenvalue weighted by Gasteiger charge is -2.37. The van der Waals surface area contributed by atoms with Crippen LogP contribution in [0, 0.1) is 5.82 Å². The predicted octanol–water partition coefficient (Wildman–Crippen LogP) is 5.68. The Balaban J connectivity index is 1.81. The molecule has 1 N–H and O–H groups in total. The Bertz CT molecular complexity index is 1190. The highest BCUT2D eigenvalue weighted by molar-refractivity contribution is 6.32. The van der Waals surface area contributed by atoms with E-state index in [0.29, 0.717) is 28.4 Å². The van der Waals surface area contributed by atoms with Crippen molar-refractivity contribution in [1.82, 2.24) is 5.32 Å². The smallest absolute Gasteiger partial charge is 0.336 e. The van der Waals surface area contributed by atoms with E-state index in [0.717, 1.165) is 5.56 Å². The molecule has 1 aliphatic heterocycles. The Morgan fingerprint density at radius 3 is 2.53 bits per heavy atom. The molecule has 8 heteroatoms. The summed E-state index contributed by atoms with van der Waals surface area (Å²) < 4.78 is 25.5. The van der Waals surface area contributed by atoms with Gasteiger partial charge in [-0.05, 0) is 43.0 Å². The van der Waals surface area contributed by atoms with Crippen LogP contribution < -0.4 is 5.32 Å². The molecule has 0 aromatic heterocycles. The Morgan fingerprint density at radius 2 is 1.82 bits per heavy atom. The molecule has 0 bridgehead atoms. The Labute approximate surface area is 207 Å². The van der Waals surface area contributed by atoms with Crippen molar-refractivity contribution >= 4 is 35.0 Å². The second kappa shape index (κ2) is 10.3. The van der Waals surface area contributed by atoms with Gasteiger partial charge in [-0.25, -0.2) is 9.18 Å². The molecule has 178 valence electrons. The van der Waals surface area contributed by atoms with E-state index in [1.54, 1.807) is 19.1 Å². The van der Waals surface area contributed by atoms with Crippen LogP contribution in [-0.4, -0.2) is 32.1 Å². The summed E-state index contributed by atoms with van der Waals surface area (Å²) in [6.45, 7) is 1.95. The van der Waals surface area contributed by atoms with Gasteiger partial charge in [0.25, 0.3) is 0 Å². The average Bonchev–Trinajstić information content (AvgIpc) is 2.78. The van der Waals surface area contributed by atoms with Crippen LogP contribution in [0.15, 0.2) is 65.0 Å². The molecule has 0 spiro atoms. The van der Waals surface area contributed by atoms with E-state index in [2.05, 4.69) is 5.32 Å². The summed E-state index contributed by atoms with van der Waals surface area (Å²) in [6.07, 6.45) is 0.661. The summed E-state index contributed by atoms with van der Waals surface area (Å²) in [7, 11) is 1.50. The maximum Gasteiger partial charge on any atom is 0.336 e. The quantitative estimate of drug-likeness (QED) is 0.405. The van der Waals surface area contributed by atoms with E-state index in [1.807, 2.05) is 18.2 Å². The summed E-state index contributed by atoms with van der Waals surface area (Å²) in [5, 5.41) is 3.95. The molecule has 2 aliphatic rings.